The van der Waals surface area contributed by atoms with Crippen LogP contribution in [0.2, 0.25) is 0 Å². The average molecular weight is 440 g/mol. The number of rotatable bonds is 8. The number of likely N-dealkylation sites (tertiary alicyclic amines) is 1. The topological polar surface area (TPSA) is 63.5 Å². The van der Waals surface area contributed by atoms with Gasteiger partial charge in [-0.2, -0.15) is 5.10 Å². The van der Waals surface area contributed by atoms with Gasteiger partial charge in [0.1, 0.15) is 10.6 Å². The van der Waals surface area contributed by atoms with Crippen molar-refractivity contribution >= 4 is 17.2 Å². The third-order valence-corrected chi connectivity index (χ3v) is 6.26. The van der Waals surface area contributed by atoms with Crippen LogP contribution in [-0.2, 0) is 20.1 Å². The van der Waals surface area contributed by atoms with E-state index in [1.54, 1.807) is 11.7 Å². The number of hydrogen-bond donors (Lipinski definition) is 0. The largest absolute Gasteiger partial charge is 0.493 e. The summed E-state index contributed by atoms with van der Waals surface area (Å²) in [5.41, 5.74) is 4.13. The van der Waals surface area contributed by atoms with E-state index in [1.165, 1.54) is 22.5 Å². The Morgan fingerprint density at radius 2 is 2.16 bits per heavy atom. The van der Waals surface area contributed by atoms with E-state index < -0.39 is 0 Å². The lowest BCUT2D eigenvalue weighted by atomic mass is 9.99. The lowest BCUT2D eigenvalue weighted by Crippen LogP contribution is -2.41. The number of aryl methyl sites for hydroxylation is 1. The third kappa shape index (κ3) is 5.92. The lowest BCUT2D eigenvalue weighted by Gasteiger charge is -2.32. The van der Waals surface area contributed by atoms with Gasteiger partial charge in [-0.05, 0) is 37.6 Å². The highest BCUT2D eigenvalue weighted by atomic mass is 32.1. The van der Waals surface area contributed by atoms with Crippen molar-refractivity contribution in [3.05, 3.63) is 64.4 Å². The molecule has 3 aromatic rings. The van der Waals surface area contributed by atoms with Crippen molar-refractivity contribution < 1.29 is 9.53 Å². The highest BCUT2D eigenvalue weighted by Crippen LogP contribution is 2.22. The maximum Gasteiger partial charge on any atom is 0.265 e. The minimum absolute atomic E-state index is 0.0888. The number of hydrogen-bond acceptors (Lipinski definition) is 6. The normalized spacial score (nSPS) is 16.6. The van der Waals surface area contributed by atoms with Gasteiger partial charge in [0.2, 0.25) is 0 Å². The van der Waals surface area contributed by atoms with Gasteiger partial charge >= 0.3 is 0 Å². The second-order valence-corrected chi connectivity index (χ2v) is 9.16. The molecule has 0 aliphatic carbocycles. The molecule has 7 nitrogen and oxygen atoms in total. The van der Waals surface area contributed by atoms with Gasteiger partial charge < -0.3 is 9.64 Å². The number of thiazole rings is 1. The zero-order chi connectivity index (χ0) is 21.6. The predicted octanol–water partition coefficient (Wildman–Crippen LogP) is 3.44. The fourth-order valence-electron chi connectivity index (χ4n) is 4.04. The van der Waals surface area contributed by atoms with E-state index in [4.69, 9.17) is 4.74 Å². The van der Waals surface area contributed by atoms with Crippen molar-refractivity contribution in [3.63, 3.8) is 0 Å². The molecule has 0 bridgehead atoms. The highest BCUT2D eigenvalue weighted by Gasteiger charge is 2.25. The molecule has 1 aromatic carbocycles. The van der Waals surface area contributed by atoms with E-state index in [9.17, 15) is 4.79 Å². The first kappa shape index (κ1) is 21.5. The summed E-state index contributed by atoms with van der Waals surface area (Å²) in [6.45, 7) is 3.87. The van der Waals surface area contributed by atoms with E-state index >= 15 is 0 Å². The van der Waals surface area contributed by atoms with Crippen LogP contribution in [0.4, 0.5) is 0 Å². The Balaban J connectivity index is 1.28. The number of carbonyl (C=O) groups excluding carboxylic acids is 1. The van der Waals surface area contributed by atoms with E-state index in [1.807, 2.05) is 41.2 Å². The van der Waals surface area contributed by atoms with Crippen molar-refractivity contribution in [2.45, 2.75) is 25.9 Å². The summed E-state index contributed by atoms with van der Waals surface area (Å²) in [7, 11) is 4.04. The summed E-state index contributed by atoms with van der Waals surface area (Å²) in [6, 6.07) is 8.29. The van der Waals surface area contributed by atoms with Crippen LogP contribution in [-0.4, -0.2) is 57.2 Å². The number of amides is 1. The van der Waals surface area contributed by atoms with E-state index in [0.717, 1.165) is 44.8 Å². The molecule has 1 saturated heterocycles. The monoisotopic (exact) mass is 439 g/mol. The molecular formula is C23H29N5O2S. The van der Waals surface area contributed by atoms with E-state index in [2.05, 4.69) is 34.2 Å². The molecule has 0 spiro atoms. The summed E-state index contributed by atoms with van der Waals surface area (Å²) < 4.78 is 7.96. The number of aromatic nitrogens is 3. The Morgan fingerprint density at radius 1 is 1.29 bits per heavy atom. The van der Waals surface area contributed by atoms with Crippen molar-refractivity contribution in [2.75, 3.05) is 26.7 Å². The molecule has 164 valence electrons. The molecule has 0 radical (unpaired) electrons. The quantitative estimate of drug-likeness (QED) is 0.538. The van der Waals surface area contributed by atoms with Crippen LogP contribution in [0.3, 0.4) is 0 Å². The Bertz CT molecular complexity index is 988. The van der Waals surface area contributed by atoms with Gasteiger partial charge in [-0.25, -0.2) is 0 Å². The molecule has 1 atom stereocenters. The number of benzene rings is 1. The van der Waals surface area contributed by atoms with Crippen LogP contribution in [0.25, 0.3) is 0 Å². The second-order valence-electron chi connectivity index (χ2n) is 8.28. The van der Waals surface area contributed by atoms with Gasteiger partial charge in [0.15, 0.2) is 0 Å². The first-order valence-electron chi connectivity index (χ1n) is 10.6. The smallest absolute Gasteiger partial charge is 0.265 e. The Labute approximate surface area is 187 Å². The van der Waals surface area contributed by atoms with Gasteiger partial charge in [0.05, 0.1) is 24.5 Å². The van der Waals surface area contributed by atoms with Crippen LogP contribution >= 0.6 is 11.3 Å². The second kappa shape index (κ2) is 10.1. The van der Waals surface area contributed by atoms with Crippen LogP contribution in [0.15, 0.2) is 48.4 Å². The fourth-order valence-corrected chi connectivity index (χ4v) is 4.63. The zero-order valence-electron chi connectivity index (χ0n) is 18.1. The van der Waals surface area contributed by atoms with Crippen LogP contribution < -0.4 is 4.74 Å². The molecule has 4 rings (SSSR count). The predicted molar refractivity (Wildman–Crippen MR) is 121 cm³/mol. The molecule has 1 aliphatic heterocycles. The van der Waals surface area contributed by atoms with Crippen LogP contribution in [0.1, 0.15) is 33.6 Å². The number of carbonyl (C=O) groups is 1. The molecule has 3 heterocycles. The number of piperidine rings is 1. The van der Waals surface area contributed by atoms with Crippen LogP contribution in [0.5, 0.6) is 5.75 Å². The molecule has 1 amide bonds. The third-order valence-electron chi connectivity index (χ3n) is 5.50. The molecular weight excluding hydrogens is 410 g/mol. The minimum atomic E-state index is 0.0888. The number of nitrogens with zero attached hydrogens (tertiary/aromatic N) is 5. The summed E-state index contributed by atoms with van der Waals surface area (Å²) >= 11 is 1.40. The maximum atomic E-state index is 12.6. The Hall–Kier alpha value is -2.71. The van der Waals surface area contributed by atoms with Gasteiger partial charge in [0, 0.05) is 50.9 Å². The summed E-state index contributed by atoms with van der Waals surface area (Å²) in [5, 5.41) is 4.23. The van der Waals surface area contributed by atoms with E-state index in [0.29, 0.717) is 17.4 Å². The molecule has 1 aliphatic rings. The molecule has 8 heteroatoms. The van der Waals surface area contributed by atoms with Crippen LogP contribution in [0, 0.1) is 5.92 Å². The SMILES string of the molecule is CN(Cc1cccc(OC[C@@H]2CCCN(C(=O)c3cncs3)C2)c1)Cc1cnn(C)c1. The van der Waals surface area contributed by atoms with E-state index in [-0.39, 0.29) is 5.91 Å². The van der Waals surface area contributed by atoms with Crippen molar-refractivity contribution in [1.29, 1.82) is 0 Å². The minimum Gasteiger partial charge on any atom is -0.493 e. The van der Waals surface area contributed by atoms with Gasteiger partial charge in [-0.1, -0.05) is 12.1 Å². The average Bonchev–Trinajstić information content (AvgIpc) is 3.44. The van der Waals surface area contributed by atoms with Gasteiger partial charge in [-0.3, -0.25) is 19.4 Å². The Morgan fingerprint density at radius 3 is 2.94 bits per heavy atom. The molecule has 0 unspecified atom stereocenters. The standard InChI is InChI=1S/C23H29N5O2S/c1-26(13-20-10-25-27(2)14-20)12-18-5-3-7-21(9-18)30-16-19-6-4-8-28(15-19)23(29)22-11-24-17-31-22/h3,5,7,9-11,14,17,19H,4,6,8,12-13,15-16H2,1-2H3/t19-/m1/s1. The zero-order valence-corrected chi connectivity index (χ0v) is 18.9. The summed E-state index contributed by atoms with van der Waals surface area (Å²) in [5.74, 6) is 1.33. The Kier molecular flexibility index (Phi) is 6.99. The van der Waals surface area contributed by atoms with Crippen molar-refractivity contribution in [3.8, 4) is 5.75 Å². The molecule has 0 N–H and O–H groups in total. The first-order chi connectivity index (χ1) is 15.1. The summed E-state index contributed by atoms with van der Waals surface area (Å²) in [4.78, 5) is 21.5. The maximum absolute atomic E-state index is 12.6. The highest BCUT2D eigenvalue weighted by molar-refractivity contribution is 7.11. The number of ether oxygens (including phenoxy) is 1. The molecule has 2 aromatic heterocycles. The summed E-state index contributed by atoms with van der Waals surface area (Å²) in [6.07, 6.45) is 7.70. The van der Waals surface area contributed by atoms with Gasteiger partial charge in [-0.15, -0.1) is 11.3 Å². The first-order valence-corrected chi connectivity index (χ1v) is 11.5. The van der Waals surface area contributed by atoms with Crippen molar-refractivity contribution in [1.82, 2.24) is 24.6 Å². The van der Waals surface area contributed by atoms with Gasteiger partial charge in [0.25, 0.3) is 5.91 Å². The molecule has 1 fully saturated rings. The molecule has 0 saturated carbocycles. The molecule has 31 heavy (non-hydrogen) atoms. The lowest BCUT2D eigenvalue weighted by molar-refractivity contribution is 0.0638. The fraction of sp³-hybridized carbons (Fsp3) is 0.435. The van der Waals surface area contributed by atoms with Crippen molar-refractivity contribution in [2.24, 2.45) is 13.0 Å².